The summed E-state index contributed by atoms with van der Waals surface area (Å²) in [6.07, 6.45) is 0.272. The number of ether oxygens (including phenoxy) is 1. The Morgan fingerprint density at radius 3 is 2.44 bits per heavy atom. The van der Waals surface area contributed by atoms with E-state index < -0.39 is 6.04 Å². The molecule has 32 heavy (non-hydrogen) atoms. The molecule has 4 rings (SSSR count). The second kappa shape index (κ2) is 10.3. The minimum atomic E-state index is -0.585. The van der Waals surface area contributed by atoms with Crippen LogP contribution in [-0.4, -0.2) is 59.9 Å². The standard InChI is InChI=1S/C24H24ClN3O3S/c1-31-24(30)22(19-9-5-6-10-20(19)25)28-13-11-27(12-14-28)21(29)15-18-16-32-23(26-18)17-7-3-2-4-8-17/h2-10,16,22H,11-15H2,1H3. The number of rotatable bonds is 6. The third-order valence-corrected chi connectivity index (χ3v) is 6.85. The van der Waals surface area contributed by atoms with Gasteiger partial charge in [-0.2, -0.15) is 0 Å². The molecular formula is C24H24ClN3O3S. The molecule has 8 heteroatoms. The molecule has 1 aliphatic heterocycles. The molecule has 1 aliphatic rings. The third-order valence-electron chi connectivity index (χ3n) is 5.56. The van der Waals surface area contributed by atoms with E-state index in [0.717, 1.165) is 21.8 Å². The number of halogens is 1. The summed E-state index contributed by atoms with van der Waals surface area (Å²) in [5, 5.41) is 3.39. The van der Waals surface area contributed by atoms with E-state index in [1.807, 2.05) is 63.7 Å². The van der Waals surface area contributed by atoms with Gasteiger partial charge in [0.05, 0.1) is 19.2 Å². The molecule has 1 amide bonds. The summed E-state index contributed by atoms with van der Waals surface area (Å²) < 4.78 is 5.04. The Bertz CT molecular complexity index is 1080. The topological polar surface area (TPSA) is 62.7 Å². The molecule has 1 fully saturated rings. The summed E-state index contributed by atoms with van der Waals surface area (Å²) in [5.41, 5.74) is 2.56. The first-order chi connectivity index (χ1) is 15.6. The summed E-state index contributed by atoms with van der Waals surface area (Å²) in [6.45, 7) is 2.19. The predicted octanol–water partition coefficient (Wildman–Crippen LogP) is 4.06. The van der Waals surface area contributed by atoms with Crippen LogP contribution >= 0.6 is 22.9 Å². The van der Waals surface area contributed by atoms with Crippen molar-refractivity contribution in [3.63, 3.8) is 0 Å². The zero-order valence-electron chi connectivity index (χ0n) is 17.7. The van der Waals surface area contributed by atoms with Gasteiger partial charge >= 0.3 is 5.97 Å². The van der Waals surface area contributed by atoms with Gasteiger partial charge in [0.15, 0.2) is 0 Å². The SMILES string of the molecule is COC(=O)C(c1ccccc1Cl)N1CCN(C(=O)Cc2csc(-c3ccccc3)n2)CC1. The van der Waals surface area contributed by atoms with E-state index in [1.165, 1.54) is 7.11 Å². The number of amides is 1. The molecule has 0 aliphatic carbocycles. The number of nitrogens with zero attached hydrogens (tertiary/aromatic N) is 3. The number of carbonyl (C=O) groups is 2. The molecule has 1 saturated heterocycles. The molecule has 0 spiro atoms. The molecule has 166 valence electrons. The summed E-state index contributed by atoms with van der Waals surface area (Å²) in [5.74, 6) is -0.310. The van der Waals surface area contributed by atoms with Crippen molar-refractivity contribution < 1.29 is 14.3 Å². The monoisotopic (exact) mass is 469 g/mol. The second-order valence-corrected chi connectivity index (χ2v) is 8.82. The van der Waals surface area contributed by atoms with E-state index in [4.69, 9.17) is 16.3 Å². The lowest BCUT2D eigenvalue weighted by atomic mass is 10.0. The van der Waals surface area contributed by atoms with Crippen LogP contribution in [0.15, 0.2) is 60.0 Å². The van der Waals surface area contributed by atoms with Crippen LogP contribution < -0.4 is 0 Å². The van der Waals surface area contributed by atoms with Crippen molar-refractivity contribution in [3.05, 3.63) is 76.3 Å². The van der Waals surface area contributed by atoms with Crippen molar-refractivity contribution in [1.29, 1.82) is 0 Å². The average molecular weight is 470 g/mol. The van der Waals surface area contributed by atoms with Gasteiger partial charge in [-0.05, 0) is 11.6 Å². The fourth-order valence-electron chi connectivity index (χ4n) is 3.88. The van der Waals surface area contributed by atoms with Crippen molar-refractivity contribution in [3.8, 4) is 10.6 Å². The number of piperazine rings is 1. The van der Waals surface area contributed by atoms with Gasteiger partial charge in [0.25, 0.3) is 0 Å². The highest BCUT2D eigenvalue weighted by molar-refractivity contribution is 7.13. The minimum Gasteiger partial charge on any atom is -0.468 e. The Kier molecular flexibility index (Phi) is 7.19. The average Bonchev–Trinajstić information content (AvgIpc) is 3.30. The van der Waals surface area contributed by atoms with Gasteiger partial charge < -0.3 is 9.64 Å². The van der Waals surface area contributed by atoms with Crippen LogP contribution in [0.5, 0.6) is 0 Å². The number of benzene rings is 2. The van der Waals surface area contributed by atoms with Gasteiger partial charge in [-0.3, -0.25) is 9.69 Å². The molecule has 0 radical (unpaired) electrons. The number of thiazole rings is 1. The first-order valence-electron chi connectivity index (χ1n) is 10.4. The van der Waals surface area contributed by atoms with Crippen molar-refractivity contribution >= 4 is 34.8 Å². The van der Waals surface area contributed by atoms with Crippen LogP contribution in [0.3, 0.4) is 0 Å². The smallest absolute Gasteiger partial charge is 0.327 e. The highest BCUT2D eigenvalue weighted by Crippen LogP contribution is 2.30. The molecule has 1 unspecified atom stereocenters. The summed E-state index contributed by atoms with van der Waals surface area (Å²) in [7, 11) is 1.38. The molecular weight excluding hydrogens is 446 g/mol. The number of esters is 1. The Morgan fingerprint density at radius 2 is 1.75 bits per heavy atom. The van der Waals surface area contributed by atoms with Crippen LogP contribution in [0.2, 0.25) is 5.02 Å². The van der Waals surface area contributed by atoms with Crippen molar-refractivity contribution in [2.24, 2.45) is 0 Å². The molecule has 6 nitrogen and oxygen atoms in total. The lowest BCUT2D eigenvalue weighted by Gasteiger charge is -2.38. The number of methoxy groups -OCH3 is 1. The summed E-state index contributed by atoms with van der Waals surface area (Å²) >= 11 is 7.90. The Morgan fingerprint density at radius 1 is 1.06 bits per heavy atom. The quantitative estimate of drug-likeness (QED) is 0.509. The van der Waals surface area contributed by atoms with Gasteiger partial charge in [-0.25, -0.2) is 9.78 Å². The van der Waals surface area contributed by atoms with E-state index in [2.05, 4.69) is 4.98 Å². The molecule has 0 N–H and O–H groups in total. The molecule has 2 aromatic carbocycles. The van der Waals surface area contributed by atoms with Crippen LogP contribution in [0, 0.1) is 0 Å². The van der Waals surface area contributed by atoms with Crippen molar-refractivity contribution in [2.75, 3.05) is 33.3 Å². The fourth-order valence-corrected chi connectivity index (χ4v) is 4.94. The van der Waals surface area contributed by atoms with E-state index in [0.29, 0.717) is 31.2 Å². The van der Waals surface area contributed by atoms with Crippen LogP contribution in [0.4, 0.5) is 0 Å². The van der Waals surface area contributed by atoms with Crippen LogP contribution in [0.25, 0.3) is 10.6 Å². The molecule has 0 saturated carbocycles. The maximum atomic E-state index is 12.9. The Balaban J connectivity index is 1.38. The van der Waals surface area contributed by atoms with Crippen LogP contribution in [0.1, 0.15) is 17.3 Å². The third kappa shape index (κ3) is 5.01. The largest absolute Gasteiger partial charge is 0.468 e. The zero-order valence-corrected chi connectivity index (χ0v) is 19.3. The number of hydrogen-bond acceptors (Lipinski definition) is 6. The maximum absolute atomic E-state index is 12.9. The van der Waals surface area contributed by atoms with Gasteiger partial charge in [-0.1, -0.05) is 60.1 Å². The first-order valence-corrected chi connectivity index (χ1v) is 11.7. The normalized spacial score (nSPS) is 15.4. The Labute approximate surface area is 196 Å². The zero-order chi connectivity index (χ0) is 22.5. The van der Waals surface area contributed by atoms with E-state index in [-0.39, 0.29) is 18.3 Å². The summed E-state index contributed by atoms with van der Waals surface area (Å²) in [6, 6.07) is 16.7. The number of carbonyl (C=O) groups excluding carboxylic acids is 2. The van der Waals surface area contributed by atoms with Gasteiger partial charge in [0, 0.05) is 42.1 Å². The van der Waals surface area contributed by atoms with Gasteiger partial charge in [0.1, 0.15) is 11.0 Å². The van der Waals surface area contributed by atoms with Crippen LogP contribution in [-0.2, 0) is 20.7 Å². The van der Waals surface area contributed by atoms with Crippen molar-refractivity contribution in [2.45, 2.75) is 12.5 Å². The molecule has 3 aromatic rings. The minimum absolute atomic E-state index is 0.0434. The molecule has 1 atom stereocenters. The lowest BCUT2D eigenvalue weighted by Crippen LogP contribution is -2.51. The van der Waals surface area contributed by atoms with E-state index in [1.54, 1.807) is 17.4 Å². The Hall–Kier alpha value is -2.74. The van der Waals surface area contributed by atoms with E-state index >= 15 is 0 Å². The van der Waals surface area contributed by atoms with E-state index in [9.17, 15) is 9.59 Å². The number of aromatic nitrogens is 1. The maximum Gasteiger partial charge on any atom is 0.327 e. The van der Waals surface area contributed by atoms with Gasteiger partial charge in [-0.15, -0.1) is 11.3 Å². The van der Waals surface area contributed by atoms with Gasteiger partial charge in [0.2, 0.25) is 5.91 Å². The van der Waals surface area contributed by atoms with Crippen molar-refractivity contribution in [1.82, 2.24) is 14.8 Å². The second-order valence-electron chi connectivity index (χ2n) is 7.55. The molecule has 0 bridgehead atoms. The first kappa shape index (κ1) is 22.5. The molecule has 1 aromatic heterocycles. The fraction of sp³-hybridized carbons (Fsp3) is 0.292. The number of hydrogen-bond donors (Lipinski definition) is 0. The highest BCUT2D eigenvalue weighted by Gasteiger charge is 2.33. The highest BCUT2D eigenvalue weighted by atomic mass is 35.5. The lowest BCUT2D eigenvalue weighted by molar-refractivity contribution is -0.148. The summed E-state index contributed by atoms with van der Waals surface area (Å²) in [4.78, 5) is 33.9. The molecule has 2 heterocycles. The predicted molar refractivity (Wildman–Crippen MR) is 126 cm³/mol.